The monoisotopic (exact) mass is 290 g/mol. The molecule has 0 radical (unpaired) electrons. The molecule has 1 aliphatic rings. The van der Waals surface area contributed by atoms with Gasteiger partial charge in [-0.2, -0.15) is 0 Å². The zero-order chi connectivity index (χ0) is 15.3. The highest BCUT2D eigenvalue weighted by atomic mass is 16.5. The average Bonchev–Trinajstić information content (AvgIpc) is 2.95. The Hall–Kier alpha value is -1.39. The fraction of sp³-hybridized carbons (Fsp3) is 0.588. The van der Waals surface area contributed by atoms with Gasteiger partial charge < -0.3 is 15.4 Å². The molecule has 21 heavy (non-hydrogen) atoms. The number of rotatable bonds is 6. The maximum atomic E-state index is 12.5. The van der Waals surface area contributed by atoms with Crippen LogP contribution in [-0.4, -0.2) is 32.7 Å². The molecule has 1 fully saturated rings. The summed E-state index contributed by atoms with van der Waals surface area (Å²) in [6, 6.07) is 8.44. The Bertz CT molecular complexity index is 462. The van der Waals surface area contributed by atoms with Crippen molar-refractivity contribution >= 4 is 5.91 Å². The number of ether oxygens (including phenoxy) is 1. The van der Waals surface area contributed by atoms with Crippen molar-refractivity contribution in [2.24, 2.45) is 5.41 Å². The van der Waals surface area contributed by atoms with Crippen LogP contribution in [0.1, 0.15) is 37.3 Å². The van der Waals surface area contributed by atoms with E-state index >= 15 is 0 Å². The summed E-state index contributed by atoms with van der Waals surface area (Å²) in [5.41, 5.74) is 2.04. The molecule has 4 nitrogen and oxygen atoms in total. The summed E-state index contributed by atoms with van der Waals surface area (Å²) >= 11 is 0. The number of carbonyl (C=O) groups excluding carboxylic acids is 1. The fourth-order valence-electron chi connectivity index (χ4n) is 2.79. The van der Waals surface area contributed by atoms with Crippen molar-refractivity contribution in [3.63, 3.8) is 0 Å². The minimum atomic E-state index is -0.410. The summed E-state index contributed by atoms with van der Waals surface area (Å²) in [7, 11) is 1.65. The fourth-order valence-corrected chi connectivity index (χ4v) is 2.79. The SMILES string of the molecule is COCC1(C(=O)NCc2ccc(C(C)C)cc2)CCNC1. The highest BCUT2D eigenvalue weighted by Gasteiger charge is 2.41. The largest absolute Gasteiger partial charge is 0.384 e. The number of nitrogens with one attached hydrogen (secondary N) is 2. The number of hydrogen-bond acceptors (Lipinski definition) is 3. The van der Waals surface area contributed by atoms with E-state index in [9.17, 15) is 4.79 Å². The topological polar surface area (TPSA) is 50.4 Å². The van der Waals surface area contributed by atoms with E-state index in [0.29, 0.717) is 25.6 Å². The van der Waals surface area contributed by atoms with E-state index in [0.717, 1.165) is 18.5 Å². The van der Waals surface area contributed by atoms with Gasteiger partial charge in [-0.05, 0) is 30.0 Å². The minimum Gasteiger partial charge on any atom is -0.384 e. The zero-order valence-corrected chi connectivity index (χ0v) is 13.2. The Balaban J connectivity index is 1.93. The third-order valence-corrected chi connectivity index (χ3v) is 4.25. The molecule has 116 valence electrons. The van der Waals surface area contributed by atoms with Gasteiger partial charge in [0.2, 0.25) is 5.91 Å². The van der Waals surface area contributed by atoms with Gasteiger partial charge in [-0.1, -0.05) is 38.1 Å². The normalized spacial score (nSPS) is 21.7. The Kier molecular flexibility index (Phi) is 5.37. The second-order valence-electron chi connectivity index (χ2n) is 6.22. The highest BCUT2D eigenvalue weighted by molar-refractivity contribution is 5.83. The van der Waals surface area contributed by atoms with E-state index < -0.39 is 5.41 Å². The highest BCUT2D eigenvalue weighted by Crippen LogP contribution is 2.26. The van der Waals surface area contributed by atoms with Crippen molar-refractivity contribution in [2.75, 3.05) is 26.8 Å². The van der Waals surface area contributed by atoms with Crippen LogP contribution in [0.2, 0.25) is 0 Å². The first-order valence-electron chi connectivity index (χ1n) is 7.64. The summed E-state index contributed by atoms with van der Waals surface area (Å²) in [6.45, 7) is 6.97. The van der Waals surface area contributed by atoms with Gasteiger partial charge in [0.25, 0.3) is 0 Å². The maximum Gasteiger partial charge on any atom is 0.230 e. The molecule has 2 rings (SSSR count). The number of carbonyl (C=O) groups is 1. The number of methoxy groups -OCH3 is 1. The van der Waals surface area contributed by atoms with Crippen LogP contribution in [0, 0.1) is 5.41 Å². The van der Waals surface area contributed by atoms with Crippen LogP contribution in [0.4, 0.5) is 0 Å². The molecule has 1 heterocycles. The minimum absolute atomic E-state index is 0.0855. The summed E-state index contributed by atoms with van der Waals surface area (Å²) in [5, 5.41) is 6.31. The van der Waals surface area contributed by atoms with E-state index in [1.165, 1.54) is 5.56 Å². The molecule has 1 amide bonds. The van der Waals surface area contributed by atoms with Crippen molar-refractivity contribution in [3.8, 4) is 0 Å². The molecule has 2 N–H and O–H groups in total. The molecule has 0 aromatic heterocycles. The molecule has 0 spiro atoms. The van der Waals surface area contributed by atoms with Crippen molar-refractivity contribution < 1.29 is 9.53 Å². The second kappa shape index (κ2) is 7.05. The molecule has 0 aliphatic carbocycles. The summed E-state index contributed by atoms with van der Waals surface area (Å²) < 4.78 is 5.24. The van der Waals surface area contributed by atoms with E-state index in [2.05, 4.69) is 48.7 Å². The Morgan fingerprint density at radius 3 is 2.62 bits per heavy atom. The van der Waals surface area contributed by atoms with Gasteiger partial charge in [-0.15, -0.1) is 0 Å². The number of benzene rings is 1. The molecule has 1 unspecified atom stereocenters. The van der Waals surface area contributed by atoms with Gasteiger partial charge >= 0.3 is 0 Å². The Labute approximate surface area is 127 Å². The Morgan fingerprint density at radius 2 is 2.10 bits per heavy atom. The predicted molar refractivity (Wildman–Crippen MR) is 84.2 cm³/mol. The molecule has 0 saturated carbocycles. The van der Waals surface area contributed by atoms with Gasteiger partial charge in [0.05, 0.1) is 12.0 Å². The smallest absolute Gasteiger partial charge is 0.230 e. The molecule has 1 aromatic rings. The van der Waals surface area contributed by atoms with Gasteiger partial charge in [0.1, 0.15) is 0 Å². The van der Waals surface area contributed by atoms with E-state index in [4.69, 9.17) is 4.74 Å². The lowest BCUT2D eigenvalue weighted by Gasteiger charge is -2.26. The average molecular weight is 290 g/mol. The van der Waals surface area contributed by atoms with Gasteiger partial charge in [-0.25, -0.2) is 0 Å². The Morgan fingerprint density at radius 1 is 1.38 bits per heavy atom. The molecule has 1 aromatic carbocycles. The molecular weight excluding hydrogens is 264 g/mol. The first-order chi connectivity index (χ1) is 10.1. The van der Waals surface area contributed by atoms with Crippen molar-refractivity contribution in [2.45, 2.75) is 32.7 Å². The number of amides is 1. The van der Waals surface area contributed by atoms with Crippen LogP contribution in [-0.2, 0) is 16.1 Å². The lowest BCUT2D eigenvalue weighted by atomic mass is 9.87. The number of hydrogen-bond donors (Lipinski definition) is 2. The first-order valence-corrected chi connectivity index (χ1v) is 7.64. The molecule has 0 bridgehead atoms. The van der Waals surface area contributed by atoms with Crippen molar-refractivity contribution in [1.29, 1.82) is 0 Å². The maximum absolute atomic E-state index is 12.5. The van der Waals surface area contributed by atoms with Crippen molar-refractivity contribution in [3.05, 3.63) is 35.4 Å². The van der Waals surface area contributed by atoms with Crippen LogP contribution in [0.5, 0.6) is 0 Å². The lowest BCUT2D eigenvalue weighted by Crippen LogP contribution is -2.45. The summed E-state index contributed by atoms with van der Waals surface area (Å²) in [4.78, 5) is 12.5. The second-order valence-corrected chi connectivity index (χ2v) is 6.22. The van der Waals surface area contributed by atoms with E-state index in [-0.39, 0.29) is 5.91 Å². The first kappa shape index (κ1) is 16.0. The molecular formula is C17H26N2O2. The lowest BCUT2D eigenvalue weighted by molar-refractivity contribution is -0.133. The molecule has 1 saturated heterocycles. The molecule has 1 atom stereocenters. The third-order valence-electron chi connectivity index (χ3n) is 4.25. The van der Waals surface area contributed by atoms with E-state index in [1.54, 1.807) is 7.11 Å². The van der Waals surface area contributed by atoms with Gasteiger partial charge in [0, 0.05) is 20.2 Å². The van der Waals surface area contributed by atoms with Crippen LogP contribution in [0.25, 0.3) is 0 Å². The van der Waals surface area contributed by atoms with Gasteiger partial charge in [0.15, 0.2) is 0 Å². The zero-order valence-electron chi connectivity index (χ0n) is 13.2. The van der Waals surface area contributed by atoms with Crippen molar-refractivity contribution in [1.82, 2.24) is 10.6 Å². The standard InChI is InChI=1S/C17H26N2O2/c1-13(2)15-6-4-14(5-7-15)10-19-16(20)17(12-21-3)8-9-18-11-17/h4-7,13,18H,8-12H2,1-3H3,(H,19,20). The summed E-state index contributed by atoms with van der Waals surface area (Å²) in [5.74, 6) is 0.616. The van der Waals surface area contributed by atoms with Gasteiger partial charge in [-0.3, -0.25) is 4.79 Å². The third kappa shape index (κ3) is 3.83. The van der Waals surface area contributed by atoms with Crippen LogP contribution >= 0.6 is 0 Å². The molecule has 4 heteroatoms. The van der Waals surface area contributed by atoms with Crippen LogP contribution in [0.15, 0.2) is 24.3 Å². The van der Waals surface area contributed by atoms with Crippen LogP contribution < -0.4 is 10.6 Å². The molecule has 1 aliphatic heterocycles. The van der Waals surface area contributed by atoms with E-state index in [1.807, 2.05) is 0 Å². The summed E-state index contributed by atoms with van der Waals surface area (Å²) in [6.07, 6.45) is 0.832. The quantitative estimate of drug-likeness (QED) is 0.843. The van der Waals surface area contributed by atoms with Crippen LogP contribution in [0.3, 0.4) is 0 Å². The predicted octanol–water partition coefficient (Wildman–Crippen LogP) is 2.05.